The summed E-state index contributed by atoms with van der Waals surface area (Å²) in [5.74, 6) is 2.83. The van der Waals surface area contributed by atoms with Gasteiger partial charge in [0.1, 0.15) is 0 Å². The first-order valence-electron chi connectivity index (χ1n) is 8.36. The molecular weight excluding hydrogens is 262 g/mol. The molecule has 114 valence electrons. The minimum atomic E-state index is 0.543. The first kappa shape index (κ1) is 13.4. The van der Waals surface area contributed by atoms with Crippen LogP contribution in [0.25, 0.3) is 0 Å². The lowest BCUT2D eigenvalue weighted by atomic mass is 10.1. The van der Waals surface area contributed by atoms with Crippen molar-refractivity contribution in [1.82, 2.24) is 9.88 Å². The number of hydrogen-bond acceptors (Lipinski definition) is 4. The van der Waals surface area contributed by atoms with Crippen LogP contribution in [0.4, 0.5) is 5.82 Å². The molecule has 1 aromatic heterocycles. The second kappa shape index (κ2) is 5.16. The fourth-order valence-corrected chi connectivity index (χ4v) is 3.59. The highest BCUT2D eigenvalue weighted by molar-refractivity contribution is 5.56. The van der Waals surface area contributed by atoms with E-state index in [1.165, 1.54) is 18.4 Å². The highest BCUT2D eigenvalue weighted by Crippen LogP contribution is 2.43. The quantitative estimate of drug-likeness (QED) is 0.836. The van der Waals surface area contributed by atoms with Gasteiger partial charge in [-0.3, -0.25) is 4.90 Å². The number of piperazine rings is 1. The minimum Gasteiger partial charge on any atom is -0.490 e. The van der Waals surface area contributed by atoms with E-state index >= 15 is 0 Å². The van der Waals surface area contributed by atoms with Crippen molar-refractivity contribution in [3.05, 3.63) is 17.8 Å². The van der Waals surface area contributed by atoms with Gasteiger partial charge in [0.15, 0.2) is 11.6 Å². The Morgan fingerprint density at radius 3 is 2.86 bits per heavy atom. The fraction of sp³-hybridized carbons (Fsp3) is 0.706. The van der Waals surface area contributed by atoms with E-state index in [1.807, 2.05) is 0 Å². The maximum Gasteiger partial charge on any atom is 0.171 e. The Morgan fingerprint density at radius 2 is 2.10 bits per heavy atom. The van der Waals surface area contributed by atoms with Crippen LogP contribution in [-0.2, 0) is 0 Å². The van der Waals surface area contributed by atoms with E-state index in [2.05, 4.69) is 35.9 Å². The Morgan fingerprint density at radius 1 is 1.24 bits per heavy atom. The SMILES string of the molecule is CC(C)N1CCN2c3ncc(C4CC4)cc3OCC[C@H]2C1. The molecule has 0 spiro atoms. The van der Waals surface area contributed by atoms with Crippen molar-refractivity contribution in [2.45, 2.75) is 51.1 Å². The van der Waals surface area contributed by atoms with Gasteiger partial charge in [0, 0.05) is 44.3 Å². The molecule has 1 aromatic rings. The molecule has 1 saturated heterocycles. The number of hydrogen-bond donors (Lipinski definition) is 0. The maximum absolute atomic E-state index is 6.03. The number of fused-ring (bicyclic) bond motifs is 3. The first-order valence-corrected chi connectivity index (χ1v) is 8.36. The van der Waals surface area contributed by atoms with Crippen LogP contribution in [0.1, 0.15) is 44.6 Å². The zero-order valence-corrected chi connectivity index (χ0v) is 13.1. The van der Waals surface area contributed by atoms with Gasteiger partial charge < -0.3 is 9.64 Å². The molecule has 0 aromatic carbocycles. The number of nitrogens with zero attached hydrogens (tertiary/aromatic N) is 3. The van der Waals surface area contributed by atoms with Crippen LogP contribution in [0.15, 0.2) is 12.3 Å². The predicted octanol–water partition coefficient (Wildman–Crippen LogP) is 2.64. The van der Waals surface area contributed by atoms with E-state index in [0.717, 1.165) is 50.1 Å². The zero-order valence-electron chi connectivity index (χ0n) is 13.1. The molecule has 0 amide bonds. The van der Waals surface area contributed by atoms with Crippen LogP contribution in [0.3, 0.4) is 0 Å². The van der Waals surface area contributed by atoms with Crippen LogP contribution in [0.5, 0.6) is 5.75 Å². The van der Waals surface area contributed by atoms with Crippen molar-refractivity contribution in [3.8, 4) is 5.75 Å². The van der Waals surface area contributed by atoms with Crippen LogP contribution in [0, 0.1) is 0 Å². The van der Waals surface area contributed by atoms with E-state index in [4.69, 9.17) is 9.72 Å². The van der Waals surface area contributed by atoms with Gasteiger partial charge in [-0.1, -0.05) is 0 Å². The Balaban J connectivity index is 1.61. The molecular formula is C17H25N3O. The molecule has 0 radical (unpaired) electrons. The molecule has 1 atom stereocenters. The molecule has 2 fully saturated rings. The summed E-state index contributed by atoms with van der Waals surface area (Å²) in [7, 11) is 0. The van der Waals surface area contributed by atoms with Crippen molar-refractivity contribution in [3.63, 3.8) is 0 Å². The largest absolute Gasteiger partial charge is 0.490 e. The molecule has 4 rings (SSSR count). The van der Waals surface area contributed by atoms with Gasteiger partial charge in [-0.2, -0.15) is 0 Å². The van der Waals surface area contributed by atoms with Crippen molar-refractivity contribution < 1.29 is 4.74 Å². The van der Waals surface area contributed by atoms with Gasteiger partial charge in [-0.25, -0.2) is 4.98 Å². The average molecular weight is 287 g/mol. The standard InChI is InChI=1S/C17H25N3O/c1-12(2)19-6-7-20-15(11-19)5-8-21-16-9-14(13-3-4-13)10-18-17(16)20/h9-10,12-13,15H,3-8,11H2,1-2H3/t15-/m0/s1. The van der Waals surface area contributed by atoms with Gasteiger partial charge in [-0.05, 0) is 44.2 Å². The predicted molar refractivity (Wildman–Crippen MR) is 84.2 cm³/mol. The van der Waals surface area contributed by atoms with Crippen LogP contribution in [0.2, 0.25) is 0 Å². The highest BCUT2D eigenvalue weighted by atomic mass is 16.5. The third-order valence-corrected chi connectivity index (χ3v) is 5.13. The van der Waals surface area contributed by atoms with Crippen LogP contribution in [-0.4, -0.2) is 48.2 Å². The first-order chi connectivity index (χ1) is 10.2. The summed E-state index contributed by atoms with van der Waals surface area (Å²) in [5.41, 5.74) is 1.37. The maximum atomic E-state index is 6.03. The second-order valence-electron chi connectivity index (χ2n) is 6.94. The fourth-order valence-electron chi connectivity index (χ4n) is 3.59. The molecule has 3 aliphatic rings. The normalized spacial score (nSPS) is 26.0. The van der Waals surface area contributed by atoms with E-state index in [-0.39, 0.29) is 0 Å². The lowest BCUT2D eigenvalue weighted by Crippen LogP contribution is -2.55. The molecule has 3 heterocycles. The number of pyridine rings is 1. The average Bonchev–Trinajstić information content (AvgIpc) is 3.32. The van der Waals surface area contributed by atoms with Crippen molar-refractivity contribution in [2.24, 2.45) is 0 Å². The topological polar surface area (TPSA) is 28.6 Å². The smallest absolute Gasteiger partial charge is 0.171 e. The van der Waals surface area contributed by atoms with Crippen LogP contribution < -0.4 is 9.64 Å². The van der Waals surface area contributed by atoms with Crippen molar-refractivity contribution in [1.29, 1.82) is 0 Å². The molecule has 1 saturated carbocycles. The monoisotopic (exact) mass is 287 g/mol. The highest BCUT2D eigenvalue weighted by Gasteiger charge is 2.33. The van der Waals surface area contributed by atoms with E-state index in [9.17, 15) is 0 Å². The van der Waals surface area contributed by atoms with Gasteiger partial charge >= 0.3 is 0 Å². The van der Waals surface area contributed by atoms with Gasteiger partial charge in [0.25, 0.3) is 0 Å². The molecule has 21 heavy (non-hydrogen) atoms. The van der Waals surface area contributed by atoms with E-state index in [0.29, 0.717) is 12.1 Å². The molecule has 0 N–H and O–H groups in total. The summed E-state index contributed by atoms with van der Waals surface area (Å²) < 4.78 is 6.03. The lowest BCUT2D eigenvalue weighted by molar-refractivity contribution is 0.172. The molecule has 2 aliphatic heterocycles. The Hall–Kier alpha value is -1.29. The number of rotatable bonds is 2. The summed E-state index contributed by atoms with van der Waals surface area (Å²) in [5, 5.41) is 0. The van der Waals surface area contributed by atoms with Gasteiger partial charge in [0.05, 0.1) is 6.61 Å². The summed E-state index contributed by atoms with van der Waals surface area (Å²) in [6.07, 6.45) is 5.81. The minimum absolute atomic E-state index is 0.543. The number of aromatic nitrogens is 1. The summed E-state index contributed by atoms with van der Waals surface area (Å²) >= 11 is 0. The summed E-state index contributed by atoms with van der Waals surface area (Å²) in [4.78, 5) is 9.84. The Bertz CT molecular complexity index is 527. The van der Waals surface area contributed by atoms with Crippen molar-refractivity contribution in [2.75, 3.05) is 31.1 Å². The number of ether oxygens (including phenoxy) is 1. The van der Waals surface area contributed by atoms with Gasteiger partial charge in [-0.15, -0.1) is 0 Å². The third kappa shape index (κ3) is 2.50. The third-order valence-electron chi connectivity index (χ3n) is 5.13. The van der Waals surface area contributed by atoms with Crippen LogP contribution >= 0.6 is 0 Å². The molecule has 0 unspecified atom stereocenters. The number of anilines is 1. The Kier molecular flexibility index (Phi) is 3.29. The van der Waals surface area contributed by atoms with E-state index in [1.54, 1.807) is 0 Å². The summed E-state index contributed by atoms with van der Waals surface area (Å²) in [6, 6.07) is 3.42. The molecule has 4 heteroatoms. The zero-order chi connectivity index (χ0) is 14.4. The van der Waals surface area contributed by atoms with Gasteiger partial charge in [0.2, 0.25) is 0 Å². The van der Waals surface area contributed by atoms with E-state index < -0.39 is 0 Å². The molecule has 4 nitrogen and oxygen atoms in total. The molecule has 0 bridgehead atoms. The lowest BCUT2D eigenvalue weighted by Gasteiger charge is -2.42. The summed E-state index contributed by atoms with van der Waals surface area (Å²) in [6.45, 7) is 8.71. The Labute approximate surface area is 127 Å². The molecule has 1 aliphatic carbocycles. The van der Waals surface area contributed by atoms with Crippen molar-refractivity contribution >= 4 is 5.82 Å². The second-order valence-corrected chi connectivity index (χ2v) is 6.94.